The number of nitrogens with two attached hydrogens (primary N) is 1. The van der Waals surface area contributed by atoms with E-state index in [4.69, 9.17) is 5.73 Å². The molecule has 0 aromatic carbocycles. The molecule has 0 amide bonds. The first-order valence-corrected chi connectivity index (χ1v) is 3.78. The molecule has 3 heteroatoms. The quantitative estimate of drug-likeness (QED) is 0.576. The molecule has 0 fully saturated rings. The van der Waals surface area contributed by atoms with E-state index in [0.717, 1.165) is 0 Å². The van der Waals surface area contributed by atoms with Gasteiger partial charge in [0, 0.05) is 13.8 Å². The van der Waals surface area contributed by atoms with Crippen molar-refractivity contribution in [2.24, 2.45) is 5.73 Å². The number of rotatable bonds is 1. The van der Waals surface area contributed by atoms with Crippen molar-refractivity contribution in [2.75, 3.05) is 0 Å². The van der Waals surface area contributed by atoms with E-state index in [9.17, 15) is 0 Å². The number of hydrogen-bond acceptors (Lipinski definition) is 2. The number of aromatic nitrogens is 1. The lowest BCUT2D eigenvalue weighted by Crippen LogP contribution is -2.56. The third-order valence-corrected chi connectivity index (χ3v) is 1.77. The Labute approximate surface area is 58.9 Å². The van der Waals surface area contributed by atoms with Gasteiger partial charge in [-0.25, -0.2) is 0 Å². The van der Waals surface area contributed by atoms with Crippen LogP contribution in [0.25, 0.3) is 0 Å². The normalized spacial score (nSPS) is 11.9. The fraction of sp³-hybridized carbons (Fsp3) is 0.500. The summed E-state index contributed by atoms with van der Waals surface area (Å²) in [6.45, 7) is 3.94. The highest BCUT2D eigenvalue weighted by atomic mass is 32.1. The predicted octanol–water partition coefficient (Wildman–Crippen LogP) is 0.687. The average molecular weight is 143 g/mol. The lowest BCUT2D eigenvalue weighted by Gasteiger charge is -2.08. The van der Waals surface area contributed by atoms with Gasteiger partial charge in [0.25, 0.3) is 0 Å². The van der Waals surface area contributed by atoms with Gasteiger partial charge in [0.2, 0.25) is 11.2 Å². The second kappa shape index (κ2) is 2.08. The average Bonchev–Trinajstić information content (AvgIpc) is 2.08. The zero-order chi connectivity index (χ0) is 6.91. The van der Waals surface area contributed by atoms with Crippen LogP contribution in [0.4, 0.5) is 0 Å². The molecule has 1 aromatic heterocycles. The van der Waals surface area contributed by atoms with Gasteiger partial charge in [-0.2, -0.15) is 4.57 Å². The molecule has 2 N–H and O–H groups in total. The third kappa shape index (κ3) is 1.50. The molecule has 0 aliphatic rings. The van der Waals surface area contributed by atoms with E-state index in [1.54, 1.807) is 11.3 Å². The Morgan fingerprint density at radius 3 is 2.44 bits per heavy atom. The monoisotopic (exact) mass is 143 g/mol. The van der Waals surface area contributed by atoms with E-state index >= 15 is 0 Å². The number of nitrogens with zero attached hydrogens (tertiary/aromatic N) is 1. The summed E-state index contributed by atoms with van der Waals surface area (Å²) < 4.78 is 1.98. The summed E-state index contributed by atoms with van der Waals surface area (Å²) in [6, 6.07) is 0. The van der Waals surface area contributed by atoms with Crippen LogP contribution in [-0.2, 0) is 5.66 Å². The molecule has 9 heavy (non-hydrogen) atoms. The second-order valence-electron chi connectivity index (χ2n) is 2.59. The Morgan fingerprint density at radius 2 is 2.22 bits per heavy atom. The smallest absolute Gasteiger partial charge is 0.226 e. The molecule has 1 heterocycles. The van der Waals surface area contributed by atoms with E-state index in [0.29, 0.717) is 0 Å². The maximum atomic E-state index is 5.77. The van der Waals surface area contributed by atoms with Gasteiger partial charge in [-0.3, -0.25) is 5.73 Å². The lowest BCUT2D eigenvalue weighted by atomic mass is 10.3. The summed E-state index contributed by atoms with van der Waals surface area (Å²) in [5, 5.41) is 2.01. The maximum absolute atomic E-state index is 5.77. The van der Waals surface area contributed by atoms with Crippen molar-refractivity contribution < 1.29 is 4.57 Å². The van der Waals surface area contributed by atoms with Gasteiger partial charge in [-0.1, -0.05) is 11.3 Å². The van der Waals surface area contributed by atoms with Gasteiger partial charge in [0.05, 0.1) is 5.38 Å². The van der Waals surface area contributed by atoms with Crippen LogP contribution in [0.3, 0.4) is 0 Å². The van der Waals surface area contributed by atoms with Crippen LogP contribution in [0.5, 0.6) is 0 Å². The molecule has 2 nitrogen and oxygen atoms in total. The van der Waals surface area contributed by atoms with Crippen molar-refractivity contribution in [3.05, 3.63) is 17.1 Å². The first-order chi connectivity index (χ1) is 4.11. The molecule has 0 saturated heterocycles. The molecule has 50 valence electrons. The Balaban J connectivity index is 2.90. The van der Waals surface area contributed by atoms with E-state index in [-0.39, 0.29) is 5.66 Å². The summed E-state index contributed by atoms with van der Waals surface area (Å²) in [4.78, 5) is 0. The highest BCUT2D eigenvalue weighted by Gasteiger charge is 2.20. The summed E-state index contributed by atoms with van der Waals surface area (Å²) in [6.07, 6.45) is 1.98. The molecule has 0 aliphatic heterocycles. The molecular formula is C6H11N2S+. The molecule has 1 rings (SSSR count). The van der Waals surface area contributed by atoms with Gasteiger partial charge in [-0.05, 0) is 0 Å². The topological polar surface area (TPSA) is 29.9 Å². The summed E-state index contributed by atoms with van der Waals surface area (Å²) in [5.41, 5.74) is 7.52. The van der Waals surface area contributed by atoms with E-state index in [1.807, 2.05) is 35.5 Å². The van der Waals surface area contributed by atoms with Crippen molar-refractivity contribution in [1.82, 2.24) is 0 Å². The highest BCUT2D eigenvalue weighted by Crippen LogP contribution is 1.97. The molecule has 0 aliphatic carbocycles. The Morgan fingerprint density at radius 1 is 1.56 bits per heavy atom. The largest absolute Gasteiger partial charge is 0.271 e. The van der Waals surface area contributed by atoms with Gasteiger partial charge < -0.3 is 0 Å². The zero-order valence-electron chi connectivity index (χ0n) is 5.66. The Hall–Kier alpha value is -0.410. The van der Waals surface area contributed by atoms with Crippen LogP contribution < -0.4 is 10.3 Å². The van der Waals surface area contributed by atoms with Crippen LogP contribution in [-0.4, -0.2) is 0 Å². The number of hydrogen-bond donors (Lipinski definition) is 1. The third-order valence-electron chi connectivity index (χ3n) is 1.14. The molecule has 0 atom stereocenters. The van der Waals surface area contributed by atoms with Gasteiger partial charge >= 0.3 is 0 Å². The van der Waals surface area contributed by atoms with Crippen LogP contribution >= 0.6 is 11.3 Å². The van der Waals surface area contributed by atoms with Crippen molar-refractivity contribution in [1.29, 1.82) is 0 Å². The maximum Gasteiger partial charge on any atom is 0.226 e. The van der Waals surface area contributed by atoms with Gasteiger partial charge in [0.1, 0.15) is 0 Å². The summed E-state index contributed by atoms with van der Waals surface area (Å²) >= 11 is 1.65. The SMILES string of the molecule is CC(C)(N)[n+]1ccsc1. The summed E-state index contributed by atoms with van der Waals surface area (Å²) in [5.74, 6) is 0. The van der Waals surface area contributed by atoms with Crippen LogP contribution in [0.15, 0.2) is 17.1 Å². The molecule has 0 unspecified atom stereocenters. The van der Waals surface area contributed by atoms with Crippen molar-refractivity contribution in [3.63, 3.8) is 0 Å². The first-order valence-electron chi connectivity index (χ1n) is 2.83. The standard InChI is InChI=1S/C6H11N2S/c1-6(2,7)8-3-4-9-5-8/h3-5H,7H2,1-2H3/q+1. The minimum atomic E-state index is -0.250. The first kappa shape index (κ1) is 6.71. The van der Waals surface area contributed by atoms with E-state index < -0.39 is 0 Å². The molecule has 0 bridgehead atoms. The van der Waals surface area contributed by atoms with Crippen molar-refractivity contribution in [2.45, 2.75) is 19.5 Å². The minimum Gasteiger partial charge on any atom is -0.271 e. The molecule has 0 spiro atoms. The molecule has 0 radical (unpaired) electrons. The lowest BCUT2D eigenvalue weighted by molar-refractivity contribution is -0.753. The highest BCUT2D eigenvalue weighted by molar-refractivity contribution is 7.07. The van der Waals surface area contributed by atoms with E-state index in [2.05, 4.69) is 0 Å². The van der Waals surface area contributed by atoms with Gasteiger partial charge in [-0.15, -0.1) is 0 Å². The van der Waals surface area contributed by atoms with Gasteiger partial charge in [0.15, 0.2) is 6.20 Å². The molecule has 0 saturated carbocycles. The van der Waals surface area contributed by atoms with Crippen molar-refractivity contribution >= 4 is 11.3 Å². The van der Waals surface area contributed by atoms with E-state index in [1.165, 1.54) is 0 Å². The fourth-order valence-corrected chi connectivity index (χ4v) is 1.31. The number of thiazole rings is 1. The van der Waals surface area contributed by atoms with Crippen LogP contribution in [0.2, 0.25) is 0 Å². The Bertz CT molecular complexity index is 173. The second-order valence-corrected chi connectivity index (χ2v) is 3.34. The van der Waals surface area contributed by atoms with Crippen LogP contribution in [0.1, 0.15) is 13.8 Å². The predicted molar refractivity (Wildman–Crippen MR) is 38.0 cm³/mol. The van der Waals surface area contributed by atoms with Crippen LogP contribution in [0, 0.1) is 0 Å². The zero-order valence-corrected chi connectivity index (χ0v) is 6.48. The summed E-state index contributed by atoms with van der Waals surface area (Å²) in [7, 11) is 0. The van der Waals surface area contributed by atoms with Crippen molar-refractivity contribution in [3.8, 4) is 0 Å². The molecular weight excluding hydrogens is 132 g/mol. The Kier molecular flexibility index (Phi) is 1.55. The molecule has 1 aromatic rings. The minimum absolute atomic E-state index is 0.250. The fourth-order valence-electron chi connectivity index (χ4n) is 0.564.